The van der Waals surface area contributed by atoms with Crippen molar-refractivity contribution in [3.8, 4) is 5.88 Å². The van der Waals surface area contributed by atoms with Crippen LogP contribution in [0.15, 0.2) is 12.3 Å². The molecule has 4 nitrogen and oxygen atoms in total. The van der Waals surface area contributed by atoms with Gasteiger partial charge in [-0.3, -0.25) is 5.41 Å². The van der Waals surface area contributed by atoms with E-state index in [1.165, 1.54) is 6.20 Å². The lowest BCUT2D eigenvalue weighted by molar-refractivity contribution is 0.236. The molecule has 0 bridgehead atoms. The SMILES string of the molecule is CC(C)(C)CCOc1nccc(C(=N)N)c1Cl. The molecule has 0 aromatic carbocycles. The number of nitrogen functional groups attached to an aromatic ring is 1. The number of ether oxygens (including phenoxy) is 1. The number of aromatic nitrogens is 1. The molecule has 1 aromatic rings. The summed E-state index contributed by atoms with van der Waals surface area (Å²) in [5, 5.41) is 7.66. The van der Waals surface area contributed by atoms with Crippen LogP contribution in [0.2, 0.25) is 5.02 Å². The smallest absolute Gasteiger partial charge is 0.233 e. The number of amidine groups is 1. The van der Waals surface area contributed by atoms with Crippen LogP contribution in [0.5, 0.6) is 5.88 Å². The number of pyridine rings is 1. The molecular weight excluding hydrogens is 238 g/mol. The fourth-order valence-electron chi connectivity index (χ4n) is 1.19. The van der Waals surface area contributed by atoms with Gasteiger partial charge in [-0.1, -0.05) is 32.4 Å². The first-order chi connectivity index (χ1) is 7.81. The van der Waals surface area contributed by atoms with Crippen LogP contribution < -0.4 is 10.5 Å². The number of nitrogens with zero attached hydrogens (tertiary/aromatic N) is 1. The highest BCUT2D eigenvalue weighted by Gasteiger charge is 2.13. The van der Waals surface area contributed by atoms with Crippen molar-refractivity contribution in [2.45, 2.75) is 27.2 Å². The summed E-state index contributed by atoms with van der Waals surface area (Å²) in [6, 6.07) is 1.60. The summed E-state index contributed by atoms with van der Waals surface area (Å²) in [7, 11) is 0. The summed E-state index contributed by atoms with van der Waals surface area (Å²) in [5.41, 5.74) is 6.05. The maximum Gasteiger partial charge on any atom is 0.233 e. The van der Waals surface area contributed by atoms with Crippen LogP contribution in [0.3, 0.4) is 0 Å². The van der Waals surface area contributed by atoms with Crippen LogP contribution in [-0.2, 0) is 0 Å². The van der Waals surface area contributed by atoms with Crippen molar-refractivity contribution in [1.82, 2.24) is 4.98 Å². The third kappa shape index (κ3) is 4.23. The minimum Gasteiger partial charge on any atom is -0.477 e. The molecule has 0 aliphatic carbocycles. The van der Waals surface area contributed by atoms with Crippen molar-refractivity contribution in [2.75, 3.05) is 6.61 Å². The van der Waals surface area contributed by atoms with Gasteiger partial charge in [-0.05, 0) is 17.9 Å². The molecule has 0 amide bonds. The average Bonchev–Trinajstić information content (AvgIpc) is 2.18. The van der Waals surface area contributed by atoms with E-state index >= 15 is 0 Å². The highest BCUT2D eigenvalue weighted by atomic mass is 35.5. The summed E-state index contributed by atoms with van der Waals surface area (Å²) < 4.78 is 5.51. The monoisotopic (exact) mass is 255 g/mol. The molecule has 17 heavy (non-hydrogen) atoms. The number of rotatable bonds is 4. The molecule has 1 rings (SSSR count). The normalized spacial score (nSPS) is 11.3. The Hall–Kier alpha value is -1.29. The first-order valence-electron chi connectivity index (χ1n) is 5.43. The van der Waals surface area contributed by atoms with Gasteiger partial charge < -0.3 is 10.5 Å². The van der Waals surface area contributed by atoms with Crippen molar-refractivity contribution < 1.29 is 4.74 Å². The fraction of sp³-hybridized carbons (Fsp3) is 0.500. The van der Waals surface area contributed by atoms with E-state index in [2.05, 4.69) is 25.8 Å². The highest BCUT2D eigenvalue weighted by molar-refractivity contribution is 6.35. The Labute approximate surface area is 107 Å². The van der Waals surface area contributed by atoms with Gasteiger partial charge in [0.25, 0.3) is 0 Å². The maximum absolute atomic E-state index is 7.36. The van der Waals surface area contributed by atoms with Gasteiger partial charge in [-0.15, -0.1) is 0 Å². The largest absolute Gasteiger partial charge is 0.477 e. The van der Waals surface area contributed by atoms with Gasteiger partial charge >= 0.3 is 0 Å². The Bertz CT molecular complexity index is 413. The van der Waals surface area contributed by atoms with E-state index in [1.807, 2.05) is 0 Å². The zero-order valence-electron chi connectivity index (χ0n) is 10.4. The summed E-state index contributed by atoms with van der Waals surface area (Å²) in [6.07, 6.45) is 2.43. The number of nitrogens with two attached hydrogens (primary N) is 1. The van der Waals surface area contributed by atoms with E-state index in [0.717, 1.165) is 6.42 Å². The van der Waals surface area contributed by atoms with Crippen LogP contribution in [0.25, 0.3) is 0 Å². The van der Waals surface area contributed by atoms with Crippen LogP contribution in [0, 0.1) is 10.8 Å². The van der Waals surface area contributed by atoms with E-state index < -0.39 is 0 Å². The Morgan fingerprint density at radius 1 is 1.53 bits per heavy atom. The van der Waals surface area contributed by atoms with Crippen LogP contribution in [0.1, 0.15) is 32.8 Å². The molecular formula is C12H18ClN3O. The second-order valence-electron chi connectivity index (χ2n) is 5.05. The summed E-state index contributed by atoms with van der Waals surface area (Å²) in [5.74, 6) is 0.252. The minimum atomic E-state index is -0.0851. The molecule has 0 fully saturated rings. The van der Waals surface area contributed by atoms with Crippen molar-refractivity contribution in [1.29, 1.82) is 5.41 Å². The van der Waals surface area contributed by atoms with Crippen molar-refractivity contribution in [2.24, 2.45) is 11.1 Å². The van der Waals surface area contributed by atoms with Gasteiger partial charge in [0.05, 0.1) is 6.61 Å². The molecule has 0 atom stereocenters. The highest BCUT2D eigenvalue weighted by Crippen LogP contribution is 2.26. The number of halogens is 1. The predicted octanol–water partition coefficient (Wildman–Crippen LogP) is 2.83. The zero-order chi connectivity index (χ0) is 13.1. The van der Waals surface area contributed by atoms with E-state index in [0.29, 0.717) is 23.1 Å². The molecule has 0 unspecified atom stereocenters. The molecule has 0 aliphatic rings. The molecule has 1 aromatic heterocycles. The molecule has 0 saturated heterocycles. The molecule has 3 N–H and O–H groups in total. The molecule has 0 aliphatic heterocycles. The molecule has 5 heteroatoms. The lowest BCUT2D eigenvalue weighted by Gasteiger charge is -2.18. The predicted molar refractivity (Wildman–Crippen MR) is 69.8 cm³/mol. The van der Waals surface area contributed by atoms with Crippen LogP contribution in [-0.4, -0.2) is 17.4 Å². The van der Waals surface area contributed by atoms with E-state index in [9.17, 15) is 0 Å². The third-order valence-corrected chi connectivity index (χ3v) is 2.60. The molecule has 1 heterocycles. The maximum atomic E-state index is 7.36. The van der Waals surface area contributed by atoms with Gasteiger partial charge in [0.1, 0.15) is 10.9 Å². The first kappa shape index (κ1) is 13.8. The second kappa shape index (κ2) is 5.36. The van der Waals surface area contributed by atoms with E-state index in [4.69, 9.17) is 27.5 Å². The lowest BCUT2D eigenvalue weighted by Crippen LogP contribution is -2.14. The Kier molecular flexibility index (Phi) is 4.34. The van der Waals surface area contributed by atoms with Gasteiger partial charge in [-0.25, -0.2) is 4.98 Å². The standard InChI is InChI=1S/C12H18ClN3O/c1-12(2,3)5-7-17-11-9(13)8(10(14)15)4-6-16-11/h4,6H,5,7H2,1-3H3,(H3,14,15). The van der Waals surface area contributed by atoms with Gasteiger partial charge in [0.15, 0.2) is 0 Å². The minimum absolute atomic E-state index is 0.0851. The zero-order valence-corrected chi connectivity index (χ0v) is 11.1. The van der Waals surface area contributed by atoms with Gasteiger partial charge in [0.2, 0.25) is 5.88 Å². The number of hydrogen-bond acceptors (Lipinski definition) is 3. The Morgan fingerprint density at radius 2 is 2.18 bits per heavy atom. The van der Waals surface area contributed by atoms with Crippen molar-refractivity contribution in [3.05, 3.63) is 22.8 Å². The van der Waals surface area contributed by atoms with Crippen LogP contribution >= 0.6 is 11.6 Å². The summed E-state index contributed by atoms with van der Waals surface area (Å²) in [4.78, 5) is 4.03. The number of nitrogens with one attached hydrogen (secondary N) is 1. The lowest BCUT2D eigenvalue weighted by atomic mass is 9.93. The topological polar surface area (TPSA) is 72.0 Å². The average molecular weight is 256 g/mol. The fourth-order valence-corrected chi connectivity index (χ4v) is 1.46. The van der Waals surface area contributed by atoms with Crippen molar-refractivity contribution >= 4 is 17.4 Å². The second-order valence-corrected chi connectivity index (χ2v) is 5.43. The molecule has 0 radical (unpaired) electrons. The van der Waals surface area contributed by atoms with Crippen molar-refractivity contribution in [3.63, 3.8) is 0 Å². The molecule has 0 spiro atoms. The third-order valence-electron chi connectivity index (χ3n) is 2.24. The summed E-state index contributed by atoms with van der Waals surface area (Å²) in [6.45, 7) is 6.95. The first-order valence-corrected chi connectivity index (χ1v) is 5.81. The molecule has 0 saturated carbocycles. The van der Waals surface area contributed by atoms with Gasteiger partial charge in [-0.2, -0.15) is 0 Å². The van der Waals surface area contributed by atoms with Crippen LogP contribution in [0.4, 0.5) is 0 Å². The Balaban J connectivity index is 2.72. The summed E-state index contributed by atoms with van der Waals surface area (Å²) >= 11 is 6.05. The molecule has 94 valence electrons. The van der Waals surface area contributed by atoms with E-state index in [1.54, 1.807) is 6.07 Å². The Morgan fingerprint density at radius 3 is 2.71 bits per heavy atom. The number of hydrogen-bond donors (Lipinski definition) is 2. The van der Waals surface area contributed by atoms with E-state index in [-0.39, 0.29) is 11.3 Å². The quantitative estimate of drug-likeness (QED) is 0.642. The van der Waals surface area contributed by atoms with Gasteiger partial charge in [0, 0.05) is 11.8 Å².